The second-order valence-electron chi connectivity index (χ2n) is 11.2. The molecule has 16 heteroatoms. The van der Waals surface area contributed by atoms with Crippen molar-refractivity contribution in [1.82, 2.24) is 19.6 Å². The molecule has 0 aromatic heterocycles. The normalized spacial score (nSPS) is 14.9. The molecule has 0 spiro atoms. The highest BCUT2D eigenvalue weighted by molar-refractivity contribution is 6.30. The summed E-state index contributed by atoms with van der Waals surface area (Å²) in [7, 11) is 2.91. The maximum absolute atomic E-state index is 12.6. The third-order valence-corrected chi connectivity index (χ3v) is 7.69. The fourth-order valence-electron chi connectivity index (χ4n) is 4.63. The van der Waals surface area contributed by atoms with Gasteiger partial charge in [0, 0.05) is 25.8 Å². The predicted octanol–water partition coefficient (Wildman–Crippen LogP) is 3.31. The van der Waals surface area contributed by atoms with E-state index in [0.717, 1.165) is 39.5 Å². The summed E-state index contributed by atoms with van der Waals surface area (Å²) in [5.74, 6) is -3.97. The summed E-state index contributed by atoms with van der Waals surface area (Å²) in [6.07, 6.45) is 2.61. The molecular formula is C34H39ClN4O11. The smallest absolute Gasteiger partial charge is 0.334 e. The molecule has 50 heavy (non-hydrogen) atoms. The van der Waals surface area contributed by atoms with Gasteiger partial charge in [0.05, 0.1) is 13.2 Å². The molecule has 0 N–H and O–H groups in total. The molecule has 8 amide bonds. The molecule has 2 saturated heterocycles. The highest BCUT2D eigenvalue weighted by atomic mass is 35.5. The monoisotopic (exact) mass is 714 g/mol. The summed E-state index contributed by atoms with van der Waals surface area (Å²) in [4.78, 5) is 98.5. The molecule has 0 radical (unpaired) electrons. The number of imide groups is 4. The number of hydrogen-bond donors (Lipinski definition) is 0. The molecule has 0 aliphatic carbocycles. The Morgan fingerprint density at radius 2 is 1.18 bits per heavy atom. The van der Waals surface area contributed by atoms with Crippen LogP contribution in [0.2, 0.25) is 5.02 Å². The lowest BCUT2D eigenvalue weighted by atomic mass is 10.2. The average Bonchev–Trinajstić information content (AvgIpc) is 3.09. The molecule has 2 aliphatic rings. The summed E-state index contributed by atoms with van der Waals surface area (Å²) in [5.41, 5.74) is 1.48. The number of barbiturate groups is 2. The SMILES string of the molecule is CN1C(=O)CC(=O)N(CC(=O)OCc2ccccc2)C1=O.COCCCCCCOC(=O)CN1C(=O)CC(=O)N(Cc2ccc(Cl)cc2)C1=O. The van der Waals surface area contributed by atoms with E-state index in [9.17, 15) is 38.4 Å². The predicted molar refractivity (Wildman–Crippen MR) is 176 cm³/mol. The molecule has 2 aromatic carbocycles. The van der Waals surface area contributed by atoms with Crippen molar-refractivity contribution in [2.45, 2.75) is 51.7 Å². The number of amides is 8. The number of halogens is 1. The van der Waals surface area contributed by atoms with E-state index < -0.39 is 73.6 Å². The van der Waals surface area contributed by atoms with Crippen molar-refractivity contribution < 1.29 is 52.6 Å². The number of benzene rings is 2. The fourth-order valence-corrected chi connectivity index (χ4v) is 4.76. The van der Waals surface area contributed by atoms with Crippen molar-refractivity contribution >= 4 is 59.2 Å². The van der Waals surface area contributed by atoms with Gasteiger partial charge in [-0.05, 0) is 42.5 Å². The van der Waals surface area contributed by atoms with E-state index in [4.69, 9.17) is 25.8 Å². The highest BCUT2D eigenvalue weighted by Crippen LogP contribution is 2.18. The number of rotatable bonds is 15. The number of esters is 2. The number of methoxy groups -OCH3 is 1. The van der Waals surface area contributed by atoms with E-state index in [2.05, 4.69) is 0 Å². The maximum atomic E-state index is 12.6. The van der Waals surface area contributed by atoms with Gasteiger partial charge in [-0.2, -0.15) is 0 Å². The topological polar surface area (TPSA) is 177 Å². The Labute approximate surface area is 293 Å². The minimum atomic E-state index is -0.822. The van der Waals surface area contributed by atoms with E-state index in [1.807, 2.05) is 6.07 Å². The summed E-state index contributed by atoms with van der Waals surface area (Å²) in [6, 6.07) is 14.1. The van der Waals surface area contributed by atoms with Crippen LogP contribution >= 0.6 is 11.6 Å². The largest absolute Gasteiger partial charge is 0.464 e. The van der Waals surface area contributed by atoms with Crippen molar-refractivity contribution in [2.24, 2.45) is 0 Å². The number of nitrogens with zero attached hydrogens (tertiary/aromatic N) is 4. The number of urea groups is 2. The van der Waals surface area contributed by atoms with E-state index >= 15 is 0 Å². The fraction of sp³-hybridized carbons (Fsp3) is 0.412. The zero-order chi connectivity index (χ0) is 36.6. The van der Waals surface area contributed by atoms with Crippen molar-refractivity contribution in [3.05, 3.63) is 70.7 Å². The lowest BCUT2D eigenvalue weighted by Gasteiger charge is -2.32. The first kappa shape index (κ1) is 39.3. The first-order valence-corrected chi connectivity index (χ1v) is 16.1. The Morgan fingerprint density at radius 1 is 0.640 bits per heavy atom. The van der Waals surface area contributed by atoms with Crippen LogP contribution in [0.3, 0.4) is 0 Å². The molecule has 2 fully saturated rings. The van der Waals surface area contributed by atoms with Gasteiger partial charge in [-0.3, -0.25) is 48.4 Å². The van der Waals surface area contributed by atoms with Crippen LogP contribution in [0.4, 0.5) is 9.59 Å². The summed E-state index contributed by atoms with van der Waals surface area (Å²) in [5, 5.41) is 0.531. The molecule has 0 saturated carbocycles. The van der Waals surface area contributed by atoms with Crippen LogP contribution in [0.15, 0.2) is 54.6 Å². The van der Waals surface area contributed by atoms with Gasteiger partial charge >= 0.3 is 24.0 Å². The maximum Gasteiger partial charge on any atom is 0.334 e. The molecule has 4 rings (SSSR count). The first-order chi connectivity index (χ1) is 23.9. The van der Waals surface area contributed by atoms with Crippen molar-refractivity contribution in [1.29, 1.82) is 0 Å². The second kappa shape index (κ2) is 19.7. The summed E-state index contributed by atoms with van der Waals surface area (Å²) >= 11 is 5.84. The minimum Gasteiger partial charge on any atom is -0.464 e. The van der Waals surface area contributed by atoms with Gasteiger partial charge in [0.15, 0.2) is 0 Å². The number of hydrogen-bond acceptors (Lipinski definition) is 11. The summed E-state index contributed by atoms with van der Waals surface area (Å²) < 4.78 is 15.1. The Bertz CT molecular complexity index is 1550. The summed E-state index contributed by atoms with van der Waals surface area (Å²) in [6.45, 7) is -0.0344. The molecule has 2 heterocycles. The second-order valence-corrected chi connectivity index (χ2v) is 11.6. The van der Waals surface area contributed by atoms with Gasteiger partial charge in [0.1, 0.15) is 32.5 Å². The number of carbonyl (C=O) groups is 8. The number of ether oxygens (including phenoxy) is 3. The Hall–Kier alpha value is -5.15. The number of carbonyl (C=O) groups excluding carboxylic acids is 8. The van der Waals surface area contributed by atoms with Crippen LogP contribution < -0.4 is 0 Å². The Morgan fingerprint density at radius 3 is 1.80 bits per heavy atom. The van der Waals surface area contributed by atoms with Crippen LogP contribution in [0.5, 0.6) is 0 Å². The zero-order valence-corrected chi connectivity index (χ0v) is 28.6. The van der Waals surface area contributed by atoms with Crippen molar-refractivity contribution in [3.63, 3.8) is 0 Å². The van der Waals surface area contributed by atoms with Crippen molar-refractivity contribution in [2.75, 3.05) is 40.5 Å². The third kappa shape index (κ3) is 12.1. The quantitative estimate of drug-likeness (QED) is 0.150. The molecule has 0 unspecified atom stereocenters. The molecule has 0 bridgehead atoms. The van der Waals surface area contributed by atoms with E-state index in [1.165, 1.54) is 7.05 Å². The molecule has 0 atom stereocenters. The molecule has 2 aliphatic heterocycles. The molecule has 15 nitrogen and oxygen atoms in total. The Kier molecular flexibility index (Phi) is 15.5. The van der Waals surface area contributed by atoms with Crippen LogP contribution in [0, 0.1) is 0 Å². The lowest BCUT2D eigenvalue weighted by Crippen LogP contribution is -2.55. The van der Waals surface area contributed by atoms with Gasteiger partial charge in [-0.1, -0.05) is 60.5 Å². The molecule has 2 aromatic rings. The molecular weight excluding hydrogens is 676 g/mol. The van der Waals surface area contributed by atoms with Crippen LogP contribution in [-0.2, 0) is 56.1 Å². The lowest BCUT2D eigenvalue weighted by molar-refractivity contribution is -0.152. The average molecular weight is 715 g/mol. The van der Waals surface area contributed by atoms with E-state index in [-0.39, 0.29) is 19.8 Å². The standard InChI is InChI=1S/C20H25ClN2O6.C14H14N2O5/c1-28-10-4-2-3-5-11-29-19(26)14-23-18(25)12-17(24)22(20(23)27)13-15-6-8-16(21)9-7-15;1-15-11(17)7-12(18)16(14(15)20)8-13(19)21-9-10-5-3-2-4-6-10/h6-9H,2-5,10-14H2,1H3;2-6H,7-9H2,1H3. The van der Waals surface area contributed by atoms with Crippen LogP contribution in [0.25, 0.3) is 0 Å². The van der Waals surface area contributed by atoms with Gasteiger partial charge in [0.25, 0.3) is 0 Å². The van der Waals surface area contributed by atoms with Gasteiger partial charge < -0.3 is 14.2 Å². The van der Waals surface area contributed by atoms with E-state index in [0.29, 0.717) is 28.5 Å². The van der Waals surface area contributed by atoms with Gasteiger partial charge in [0.2, 0.25) is 23.6 Å². The van der Waals surface area contributed by atoms with E-state index in [1.54, 1.807) is 55.6 Å². The van der Waals surface area contributed by atoms with Crippen molar-refractivity contribution in [3.8, 4) is 0 Å². The minimum absolute atomic E-state index is 0.00482. The van der Waals surface area contributed by atoms with Gasteiger partial charge in [-0.15, -0.1) is 0 Å². The van der Waals surface area contributed by atoms with Crippen LogP contribution in [0.1, 0.15) is 49.7 Å². The first-order valence-electron chi connectivity index (χ1n) is 15.7. The Balaban J connectivity index is 0.000000284. The third-order valence-electron chi connectivity index (χ3n) is 7.44. The molecule has 268 valence electrons. The number of unbranched alkanes of at least 4 members (excludes halogenated alkanes) is 3. The van der Waals surface area contributed by atoms with Crippen LogP contribution in [-0.4, -0.2) is 108 Å². The zero-order valence-electron chi connectivity index (χ0n) is 27.8. The highest BCUT2D eigenvalue weighted by Gasteiger charge is 2.39. The van der Waals surface area contributed by atoms with Gasteiger partial charge in [-0.25, -0.2) is 9.59 Å².